The van der Waals surface area contributed by atoms with Crippen LogP contribution >= 0.6 is 11.8 Å². The zero-order valence-electron chi connectivity index (χ0n) is 9.50. The fourth-order valence-corrected chi connectivity index (χ4v) is 2.24. The van der Waals surface area contributed by atoms with E-state index in [0.29, 0.717) is 5.25 Å². The summed E-state index contributed by atoms with van der Waals surface area (Å²) in [7, 11) is 0. The summed E-state index contributed by atoms with van der Waals surface area (Å²) < 4.78 is 0. The lowest BCUT2D eigenvalue weighted by atomic mass is 10.1. The van der Waals surface area contributed by atoms with Crippen LogP contribution in [0.2, 0.25) is 0 Å². The highest BCUT2D eigenvalue weighted by Crippen LogP contribution is 2.28. The topological polar surface area (TPSA) is 49.9 Å². The molecule has 0 aromatic heterocycles. The third kappa shape index (κ3) is 3.27. The molecule has 0 heterocycles. The number of aryl methyl sites for hydroxylation is 1. The van der Waals surface area contributed by atoms with Crippen molar-refractivity contribution in [1.29, 1.82) is 5.41 Å². The van der Waals surface area contributed by atoms with E-state index in [0.717, 1.165) is 5.56 Å². The summed E-state index contributed by atoms with van der Waals surface area (Å²) in [5.41, 5.74) is 7.44. The molecule has 0 aliphatic carbocycles. The molecule has 15 heavy (non-hydrogen) atoms. The van der Waals surface area contributed by atoms with Crippen molar-refractivity contribution in [2.24, 2.45) is 5.73 Å². The maximum Gasteiger partial charge on any atom is 0.122 e. The molecule has 1 rings (SSSR count). The van der Waals surface area contributed by atoms with Gasteiger partial charge in [-0.2, -0.15) is 0 Å². The molecular weight excluding hydrogens is 204 g/mol. The lowest BCUT2D eigenvalue weighted by Gasteiger charge is -2.11. The molecule has 0 saturated heterocycles. The minimum Gasteiger partial charge on any atom is -0.384 e. The first kappa shape index (κ1) is 12.1. The molecule has 3 heteroatoms. The van der Waals surface area contributed by atoms with Crippen molar-refractivity contribution in [1.82, 2.24) is 0 Å². The number of nitrogens with one attached hydrogen (secondary N) is 1. The highest BCUT2D eigenvalue weighted by Gasteiger charge is 2.06. The molecule has 2 nitrogen and oxygen atoms in total. The van der Waals surface area contributed by atoms with E-state index in [9.17, 15) is 0 Å². The van der Waals surface area contributed by atoms with Gasteiger partial charge in [0.05, 0.1) is 0 Å². The Kier molecular flexibility index (Phi) is 4.21. The quantitative estimate of drug-likeness (QED) is 0.467. The average Bonchev–Trinajstić information content (AvgIpc) is 2.20. The fourth-order valence-electron chi connectivity index (χ4n) is 1.25. The van der Waals surface area contributed by atoms with E-state index in [1.807, 2.05) is 23.9 Å². The van der Waals surface area contributed by atoms with Gasteiger partial charge in [-0.05, 0) is 31.0 Å². The largest absolute Gasteiger partial charge is 0.384 e. The summed E-state index contributed by atoms with van der Waals surface area (Å²) in [6, 6.07) is 5.95. The van der Waals surface area contributed by atoms with E-state index in [1.165, 1.54) is 16.9 Å². The number of nitrogens with two attached hydrogens (primary N) is 1. The smallest absolute Gasteiger partial charge is 0.122 e. The number of amidine groups is 1. The molecule has 0 spiro atoms. The van der Waals surface area contributed by atoms with Crippen LogP contribution in [0.3, 0.4) is 0 Å². The van der Waals surface area contributed by atoms with Gasteiger partial charge in [0.25, 0.3) is 0 Å². The van der Waals surface area contributed by atoms with Gasteiger partial charge in [0.15, 0.2) is 0 Å². The first-order valence-corrected chi connectivity index (χ1v) is 6.04. The highest BCUT2D eigenvalue weighted by atomic mass is 32.2. The summed E-state index contributed by atoms with van der Waals surface area (Å²) >= 11 is 1.88. The van der Waals surface area contributed by atoms with Gasteiger partial charge in [-0.25, -0.2) is 0 Å². The summed E-state index contributed by atoms with van der Waals surface area (Å²) in [6.07, 6.45) is 1.17. The second-order valence-electron chi connectivity index (χ2n) is 3.73. The van der Waals surface area contributed by atoms with E-state index < -0.39 is 0 Å². The summed E-state index contributed by atoms with van der Waals surface area (Å²) in [4.78, 5) is 1.29. The molecular formula is C12H18N2S. The predicted octanol–water partition coefficient (Wildman–Crippen LogP) is 3.17. The monoisotopic (exact) mass is 222 g/mol. The van der Waals surface area contributed by atoms with Crippen LogP contribution in [0.1, 0.15) is 31.4 Å². The number of benzene rings is 1. The maximum atomic E-state index is 7.35. The van der Waals surface area contributed by atoms with Crippen molar-refractivity contribution in [3.05, 3.63) is 29.3 Å². The first-order valence-electron chi connectivity index (χ1n) is 5.16. The normalized spacial score (nSPS) is 12.5. The van der Waals surface area contributed by atoms with Gasteiger partial charge >= 0.3 is 0 Å². The third-order valence-electron chi connectivity index (χ3n) is 2.39. The van der Waals surface area contributed by atoms with Crippen molar-refractivity contribution in [2.45, 2.75) is 37.3 Å². The molecule has 1 aromatic rings. The Morgan fingerprint density at radius 2 is 2.20 bits per heavy atom. The Hall–Kier alpha value is -0.960. The highest BCUT2D eigenvalue weighted by molar-refractivity contribution is 8.00. The molecule has 3 N–H and O–H groups in total. The number of thioether (sulfide) groups is 1. The molecule has 0 fully saturated rings. The van der Waals surface area contributed by atoms with E-state index in [4.69, 9.17) is 11.1 Å². The fraction of sp³-hybridized carbons (Fsp3) is 0.417. The number of hydrogen-bond acceptors (Lipinski definition) is 2. The SMILES string of the molecule is CCC(C)Sc1ccc(C(=N)N)cc1C. The van der Waals surface area contributed by atoms with Crippen LogP contribution in [0.25, 0.3) is 0 Å². The summed E-state index contributed by atoms with van der Waals surface area (Å²) in [6.45, 7) is 6.48. The Bertz CT molecular complexity index is 361. The van der Waals surface area contributed by atoms with Crippen molar-refractivity contribution in [2.75, 3.05) is 0 Å². The molecule has 0 radical (unpaired) electrons. The van der Waals surface area contributed by atoms with Crippen LogP contribution in [0.5, 0.6) is 0 Å². The van der Waals surface area contributed by atoms with E-state index >= 15 is 0 Å². The van der Waals surface area contributed by atoms with Crippen molar-refractivity contribution in [3.63, 3.8) is 0 Å². The third-order valence-corrected chi connectivity index (χ3v) is 3.84. The standard InChI is InChI=1S/C12H18N2S/c1-4-9(3)15-11-6-5-10(12(13)14)7-8(11)2/h5-7,9H,4H2,1-3H3,(H3,13,14). The molecule has 0 aliphatic rings. The van der Waals surface area contributed by atoms with Gasteiger partial charge in [-0.3, -0.25) is 5.41 Å². The molecule has 1 atom stereocenters. The Labute approximate surface area is 95.8 Å². The summed E-state index contributed by atoms with van der Waals surface area (Å²) in [5, 5.41) is 7.98. The van der Waals surface area contributed by atoms with Gasteiger partial charge in [-0.15, -0.1) is 11.8 Å². The van der Waals surface area contributed by atoms with Crippen LogP contribution in [0.15, 0.2) is 23.1 Å². The first-order chi connectivity index (χ1) is 7.04. The molecule has 0 aliphatic heterocycles. The second kappa shape index (κ2) is 5.21. The van der Waals surface area contributed by atoms with Crippen molar-refractivity contribution < 1.29 is 0 Å². The van der Waals surface area contributed by atoms with Crippen LogP contribution < -0.4 is 5.73 Å². The van der Waals surface area contributed by atoms with Gasteiger partial charge < -0.3 is 5.73 Å². The average molecular weight is 222 g/mol. The van der Waals surface area contributed by atoms with Crippen molar-refractivity contribution >= 4 is 17.6 Å². The van der Waals surface area contributed by atoms with Crippen molar-refractivity contribution in [3.8, 4) is 0 Å². The molecule has 1 unspecified atom stereocenters. The van der Waals surface area contributed by atoms with E-state index in [-0.39, 0.29) is 5.84 Å². The lowest BCUT2D eigenvalue weighted by molar-refractivity contribution is 0.905. The van der Waals surface area contributed by atoms with Crippen LogP contribution in [0.4, 0.5) is 0 Å². The minimum absolute atomic E-state index is 0.137. The van der Waals surface area contributed by atoms with Crippen LogP contribution in [-0.2, 0) is 0 Å². The molecule has 0 bridgehead atoms. The Balaban J connectivity index is 2.88. The maximum absolute atomic E-state index is 7.35. The Morgan fingerprint density at radius 1 is 1.53 bits per heavy atom. The predicted molar refractivity (Wildman–Crippen MR) is 67.8 cm³/mol. The Morgan fingerprint density at radius 3 is 2.67 bits per heavy atom. The van der Waals surface area contributed by atoms with E-state index in [2.05, 4.69) is 26.8 Å². The van der Waals surface area contributed by atoms with E-state index in [1.54, 1.807) is 0 Å². The van der Waals surface area contributed by atoms with Gasteiger partial charge in [0, 0.05) is 15.7 Å². The van der Waals surface area contributed by atoms with Gasteiger partial charge in [-0.1, -0.05) is 19.9 Å². The number of rotatable bonds is 4. The van der Waals surface area contributed by atoms with Gasteiger partial charge in [0.2, 0.25) is 0 Å². The zero-order valence-corrected chi connectivity index (χ0v) is 10.3. The molecule has 1 aromatic carbocycles. The van der Waals surface area contributed by atoms with Gasteiger partial charge in [0.1, 0.15) is 5.84 Å². The molecule has 0 saturated carbocycles. The summed E-state index contributed by atoms with van der Waals surface area (Å²) in [5.74, 6) is 0.137. The van der Waals surface area contributed by atoms with Crippen LogP contribution in [-0.4, -0.2) is 11.1 Å². The zero-order chi connectivity index (χ0) is 11.4. The number of nitrogen functional groups attached to an aromatic ring is 1. The second-order valence-corrected chi connectivity index (χ2v) is 5.21. The van der Waals surface area contributed by atoms with Crippen LogP contribution in [0, 0.1) is 12.3 Å². The lowest BCUT2D eigenvalue weighted by Crippen LogP contribution is -2.11. The molecule has 0 amide bonds. The minimum atomic E-state index is 0.137. The molecule has 82 valence electrons. The number of hydrogen-bond donors (Lipinski definition) is 2.